The topological polar surface area (TPSA) is 66.5 Å². The zero-order valence-corrected chi connectivity index (χ0v) is 16.4. The molecule has 2 aromatic rings. The molecule has 0 saturated carbocycles. The summed E-state index contributed by atoms with van der Waals surface area (Å²) < 4.78 is 26.3. The molecule has 1 aliphatic rings. The minimum atomic E-state index is -3.50. The summed E-state index contributed by atoms with van der Waals surface area (Å²) in [6.07, 6.45) is 3.88. The van der Waals surface area contributed by atoms with E-state index in [2.05, 4.69) is 17.4 Å². The number of sulfonamides is 1. The summed E-state index contributed by atoms with van der Waals surface area (Å²) in [6.45, 7) is 0.311. The van der Waals surface area contributed by atoms with Gasteiger partial charge in [-0.2, -0.15) is 0 Å². The van der Waals surface area contributed by atoms with Crippen LogP contribution in [0.2, 0.25) is 0 Å². The van der Waals surface area contributed by atoms with Gasteiger partial charge in [0.2, 0.25) is 15.9 Å². The van der Waals surface area contributed by atoms with Crippen LogP contribution in [-0.4, -0.2) is 32.2 Å². The molecule has 0 aromatic heterocycles. The molecule has 1 unspecified atom stereocenters. The maximum Gasteiger partial charge on any atom is 0.242 e. The molecule has 0 aliphatic heterocycles. The molecule has 3 rings (SSSR count). The van der Waals surface area contributed by atoms with Gasteiger partial charge in [0.05, 0.1) is 10.9 Å². The predicted octanol–water partition coefficient (Wildman–Crippen LogP) is 3.28. The molecule has 1 N–H and O–H groups in total. The van der Waals surface area contributed by atoms with Crippen molar-refractivity contribution in [2.75, 3.05) is 13.6 Å². The lowest BCUT2D eigenvalue weighted by Crippen LogP contribution is -2.32. The first-order valence-corrected chi connectivity index (χ1v) is 10.8. The third kappa shape index (κ3) is 4.76. The van der Waals surface area contributed by atoms with Gasteiger partial charge in [0.15, 0.2) is 0 Å². The Morgan fingerprint density at radius 1 is 1.11 bits per heavy atom. The monoisotopic (exact) mass is 386 g/mol. The second-order valence-electron chi connectivity index (χ2n) is 6.95. The highest BCUT2D eigenvalue weighted by molar-refractivity contribution is 7.89. The molecule has 1 aliphatic carbocycles. The van der Waals surface area contributed by atoms with Crippen LogP contribution in [0.5, 0.6) is 0 Å². The second-order valence-corrected chi connectivity index (χ2v) is 9.00. The Morgan fingerprint density at radius 3 is 2.59 bits per heavy atom. The Bertz CT molecular complexity index is 881. The Hall–Kier alpha value is -2.18. The summed E-state index contributed by atoms with van der Waals surface area (Å²) in [7, 11) is -1.95. The standard InChI is InChI=1S/C21H26N2O3S/c1-23(27(25,26)18-11-3-2-4-12-18)16-8-15-21(24)22-20-14-7-10-17-9-5-6-13-19(17)20/h2-6,9,11-13,20H,7-8,10,14-16H2,1H3,(H,22,24). The number of hydrogen-bond donors (Lipinski definition) is 1. The van der Waals surface area contributed by atoms with E-state index >= 15 is 0 Å². The summed E-state index contributed by atoms with van der Waals surface area (Å²) in [5, 5.41) is 3.11. The van der Waals surface area contributed by atoms with Gasteiger partial charge < -0.3 is 5.32 Å². The van der Waals surface area contributed by atoms with E-state index in [1.807, 2.05) is 12.1 Å². The summed E-state index contributed by atoms with van der Waals surface area (Å²) in [4.78, 5) is 12.6. The average molecular weight is 387 g/mol. The minimum absolute atomic E-state index is 0.0257. The van der Waals surface area contributed by atoms with Crippen LogP contribution in [0.4, 0.5) is 0 Å². The van der Waals surface area contributed by atoms with Crippen LogP contribution in [0.15, 0.2) is 59.5 Å². The van der Waals surface area contributed by atoms with Crippen LogP contribution >= 0.6 is 0 Å². The summed E-state index contributed by atoms with van der Waals surface area (Å²) >= 11 is 0. The molecule has 0 saturated heterocycles. The van der Waals surface area contributed by atoms with Gasteiger partial charge in [-0.05, 0) is 48.9 Å². The van der Waals surface area contributed by atoms with Crippen molar-refractivity contribution in [1.82, 2.24) is 9.62 Å². The Morgan fingerprint density at radius 2 is 1.81 bits per heavy atom. The fourth-order valence-corrected chi connectivity index (χ4v) is 4.76. The fraction of sp³-hybridized carbons (Fsp3) is 0.381. The fourth-order valence-electron chi connectivity index (χ4n) is 3.53. The highest BCUT2D eigenvalue weighted by Gasteiger charge is 2.22. The zero-order chi connectivity index (χ0) is 19.3. The molecular weight excluding hydrogens is 360 g/mol. The van der Waals surface area contributed by atoms with Crippen LogP contribution in [0.25, 0.3) is 0 Å². The Balaban J connectivity index is 1.50. The number of rotatable bonds is 7. The number of fused-ring (bicyclic) bond motifs is 1. The van der Waals surface area contributed by atoms with E-state index in [9.17, 15) is 13.2 Å². The lowest BCUT2D eigenvalue weighted by molar-refractivity contribution is -0.122. The summed E-state index contributed by atoms with van der Waals surface area (Å²) in [5.74, 6) is -0.0257. The number of nitrogens with one attached hydrogen (secondary N) is 1. The van der Waals surface area contributed by atoms with Crippen molar-refractivity contribution < 1.29 is 13.2 Å². The number of hydrogen-bond acceptors (Lipinski definition) is 3. The SMILES string of the molecule is CN(CCCC(=O)NC1CCCc2ccccc21)S(=O)(=O)c1ccccc1. The van der Waals surface area contributed by atoms with E-state index in [0.717, 1.165) is 19.3 Å². The van der Waals surface area contributed by atoms with E-state index < -0.39 is 10.0 Å². The molecule has 0 radical (unpaired) electrons. The molecule has 0 bridgehead atoms. The third-order valence-corrected chi connectivity index (χ3v) is 6.90. The molecule has 1 atom stereocenters. The van der Waals surface area contributed by atoms with Crippen molar-refractivity contribution in [3.63, 3.8) is 0 Å². The first-order chi connectivity index (χ1) is 13.0. The van der Waals surface area contributed by atoms with Crippen molar-refractivity contribution in [1.29, 1.82) is 0 Å². The van der Waals surface area contributed by atoms with E-state index in [-0.39, 0.29) is 16.8 Å². The summed E-state index contributed by atoms with van der Waals surface area (Å²) in [6, 6.07) is 16.7. The highest BCUT2D eigenvalue weighted by atomic mass is 32.2. The number of benzene rings is 2. The number of carbonyl (C=O) groups is 1. The minimum Gasteiger partial charge on any atom is -0.349 e. The van der Waals surface area contributed by atoms with E-state index in [0.29, 0.717) is 19.4 Å². The largest absolute Gasteiger partial charge is 0.349 e. The predicted molar refractivity (Wildman–Crippen MR) is 106 cm³/mol. The molecule has 27 heavy (non-hydrogen) atoms. The lowest BCUT2D eigenvalue weighted by Gasteiger charge is -2.26. The van der Waals surface area contributed by atoms with Crippen LogP contribution in [0, 0.1) is 0 Å². The van der Waals surface area contributed by atoms with E-state index in [1.165, 1.54) is 15.4 Å². The van der Waals surface area contributed by atoms with Gasteiger partial charge in [0.25, 0.3) is 0 Å². The van der Waals surface area contributed by atoms with Gasteiger partial charge in [-0.1, -0.05) is 42.5 Å². The van der Waals surface area contributed by atoms with Gasteiger partial charge in [-0.3, -0.25) is 4.79 Å². The van der Waals surface area contributed by atoms with Gasteiger partial charge in [-0.25, -0.2) is 12.7 Å². The first kappa shape index (κ1) is 19.6. The van der Waals surface area contributed by atoms with Crippen LogP contribution in [-0.2, 0) is 21.2 Å². The molecule has 1 amide bonds. The number of amides is 1. The smallest absolute Gasteiger partial charge is 0.242 e. The molecule has 0 spiro atoms. The lowest BCUT2D eigenvalue weighted by atomic mass is 9.87. The Labute approximate surface area is 161 Å². The van der Waals surface area contributed by atoms with Crippen LogP contribution in [0.1, 0.15) is 42.9 Å². The molecule has 5 nitrogen and oxygen atoms in total. The van der Waals surface area contributed by atoms with Crippen molar-refractivity contribution in [2.45, 2.75) is 43.0 Å². The quantitative estimate of drug-likeness (QED) is 0.794. The van der Waals surface area contributed by atoms with Crippen molar-refractivity contribution >= 4 is 15.9 Å². The van der Waals surface area contributed by atoms with Crippen LogP contribution in [0.3, 0.4) is 0 Å². The van der Waals surface area contributed by atoms with E-state index in [4.69, 9.17) is 0 Å². The van der Waals surface area contributed by atoms with Crippen molar-refractivity contribution in [3.8, 4) is 0 Å². The van der Waals surface area contributed by atoms with Crippen molar-refractivity contribution in [2.24, 2.45) is 0 Å². The zero-order valence-electron chi connectivity index (χ0n) is 15.6. The molecule has 0 heterocycles. The number of nitrogens with zero attached hydrogens (tertiary/aromatic N) is 1. The molecule has 2 aromatic carbocycles. The summed E-state index contributed by atoms with van der Waals surface area (Å²) in [5.41, 5.74) is 2.52. The number of carbonyl (C=O) groups excluding carboxylic acids is 1. The number of aryl methyl sites for hydroxylation is 1. The maximum absolute atomic E-state index is 12.5. The van der Waals surface area contributed by atoms with E-state index in [1.54, 1.807) is 37.4 Å². The molecule has 144 valence electrons. The van der Waals surface area contributed by atoms with Gasteiger partial charge in [-0.15, -0.1) is 0 Å². The normalized spacial score (nSPS) is 16.7. The maximum atomic E-state index is 12.5. The molecule has 0 fully saturated rings. The third-order valence-electron chi connectivity index (χ3n) is 5.03. The van der Waals surface area contributed by atoms with Gasteiger partial charge >= 0.3 is 0 Å². The molecular formula is C21H26N2O3S. The van der Waals surface area contributed by atoms with Gasteiger partial charge in [0, 0.05) is 20.0 Å². The Kier molecular flexibility index (Phi) is 6.29. The van der Waals surface area contributed by atoms with Gasteiger partial charge in [0.1, 0.15) is 0 Å². The molecule has 6 heteroatoms. The first-order valence-electron chi connectivity index (χ1n) is 9.37. The highest BCUT2D eigenvalue weighted by Crippen LogP contribution is 2.29. The average Bonchev–Trinajstić information content (AvgIpc) is 2.69. The van der Waals surface area contributed by atoms with Crippen molar-refractivity contribution in [3.05, 3.63) is 65.7 Å². The second kappa shape index (κ2) is 8.67. The van der Waals surface area contributed by atoms with Crippen LogP contribution < -0.4 is 5.32 Å².